The molecule has 0 saturated carbocycles. The smallest absolute Gasteiger partial charge is 0.264 e. The van der Waals surface area contributed by atoms with E-state index >= 15 is 0 Å². The fourth-order valence-corrected chi connectivity index (χ4v) is 5.58. The van der Waals surface area contributed by atoms with Gasteiger partial charge in [-0.25, -0.2) is 12.8 Å². The summed E-state index contributed by atoms with van der Waals surface area (Å²) < 4.78 is 42.0. The summed E-state index contributed by atoms with van der Waals surface area (Å²) in [5.74, 6) is -1.41. The first kappa shape index (κ1) is 31.4. The molecule has 40 heavy (non-hydrogen) atoms. The molecule has 0 spiro atoms. The zero-order valence-electron chi connectivity index (χ0n) is 22.7. The van der Waals surface area contributed by atoms with E-state index < -0.39 is 34.3 Å². The first-order valence-electron chi connectivity index (χ1n) is 12.7. The number of carbonyl (C=O) groups is 2. The first-order chi connectivity index (χ1) is 18.8. The topological polar surface area (TPSA) is 86.8 Å². The second-order valence-corrected chi connectivity index (χ2v) is 12.6. The van der Waals surface area contributed by atoms with Gasteiger partial charge >= 0.3 is 0 Å². The number of anilines is 1. The van der Waals surface area contributed by atoms with Gasteiger partial charge in [-0.05, 0) is 73.9 Å². The number of benzene rings is 3. The predicted octanol–water partition coefficient (Wildman–Crippen LogP) is 5.83. The lowest BCUT2D eigenvalue weighted by Crippen LogP contribution is -2.51. The van der Waals surface area contributed by atoms with Gasteiger partial charge in [0, 0.05) is 13.1 Å². The molecular weight excluding hydrogens is 576 g/mol. The number of nitrogens with one attached hydrogen (secondary N) is 1. The summed E-state index contributed by atoms with van der Waals surface area (Å²) in [5, 5.41) is 3.45. The van der Waals surface area contributed by atoms with Crippen molar-refractivity contribution in [1.82, 2.24) is 10.2 Å². The van der Waals surface area contributed by atoms with Crippen LogP contribution in [-0.4, -0.2) is 44.3 Å². The number of aryl methyl sites for hydroxylation is 1. The van der Waals surface area contributed by atoms with Crippen LogP contribution < -0.4 is 9.62 Å². The van der Waals surface area contributed by atoms with Gasteiger partial charge < -0.3 is 10.2 Å². The molecular formula is C29H32Cl2FN3O4S. The monoisotopic (exact) mass is 607 g/mol. The molecule has 1 N–H and O–H groups in total. The quantitative estimate of drug-likeness (QED) is 0.297. The van der Waals surface area contributed by atoms with E-state index in [1.807, 2.05) is 20.8 Å². The highest BCUT2D eigenvalue weighted by Crippen LogP contribution is 2.26. The van der Waals surface area contributed by atoms with Crippen molar-refractivity contribution in [1.29, 1.82) is 0 Å². The number of hydrogen-bond acceptors (Lipinski definition) is 4. The normalized spacial score (nSPS) is 12.2. The maximum atomic E-state index is 13.9. The fourth-order valence-electron chi connectivity index (χ4n) is 3.84. The maximum Gasteiger partial charge on any atom is 0.264 e. The van der Waals surface area contributed by atoms with Gasteiger partial charge in [-0.3, -0.25) is 13.9 Å². The summed E-state index contributed by atoms with van der Waals surface area (Å²) in [6.07, 6.45) is 0. The average Bonchev–Trinajstić information content (AvgIpc) is 2.91. The molecule has 3 aromatic carbocycles. The van der Waals surface area contributed by atoms with E-state index in [9.17, 15) is 22.4 Å². The summed E-state index contributed by atoms with van der Waals surface area (Å²) in [5.41, 5.74) is 1.75. The van der Waals surface area contributed by atoms with E-state index in [1.165, 1.54) is 4.90 Å². The van der Waals surface area contributed by atoms with Gasteiger partial charge in [-0.15, -0.1) is 0 Å². The van der Waals surface area contributed by atoms with Crippen molar-refractivity contribution in [2.24, 2.45) is 5.92 Å². The average molecular weight is 609 g/mol. The number of nitrogens with zero attached hydrogens (tertiary/aromatic N) is 2. The van der Waals surface area contributed by atoms with Crippen LogP contribution in [0.1, 0.15) is 31.9 Å². The van der Waals surface area contributed by atoms with Gasteiger partial charge in [-0.2, -0.15) is 0 Å². The molecule has 0 aliphatic rings. The lowest BCUT2D eigenvalue weighted by Gasteiger charge is -2.32. The number of halogens is 3. The molecule has 0 bridgehead atoms. The Balaban J connectivity index is 2.02. The Morgan fingerprint density at radius 2 is 1.55 bits per heavy atom. The van der Waals surface area contributed by atoms with Gasteiger partial charge in [0.25, 0.3) is 10.0 Å². The van der Waals surface area contributed by atoms with Crippen LogP contribution in [0.15, 0.2) is 71.6 Å². The van der Waals surface area contributed by atoms with E-state index in [4.69, 9.17) is 23.2 Å². The van der Waals surface area contributed by atoms with Crippen LogP contribution in [0.3, 0.4) is 0 Å². The number of sulfonamides is 1. The second kappa shape index (κ2) is 13.5. The third-order valence-electron chi connectivity index (χ3n) is 6.19. The molecule has 3 rings (SSSR count). The van der Waals surface area contributed by atoms with Crippen LogP contribution in [0.2, 0.25) is 10.0 Å². The zero-order chi connectivity index (χ0) is 29.6. The molecule has 2 amide bonds. The Bertz CT molecular complexity index is 1450. The van der Waals surface area contributed by atoms with Gasteiger partial charge in [0.2, 0.25) is 11.8 Å². The summed E-state index contributed by atoms with van der Waals surface area (Å²) in [6.45, 7) is 7.11. The molecule has 0 aliphatic heterocycles. The SMILES string of the molecule is Cc1ccc(N(CC(=O)N(Cc2ccc(Cl)c(Cl)c2)C(C)C(=O)NCC(C)C)S(=O)(=O)c2ccc(F)cc2)cc1. The molecule has 0 aromatic heterocycles. The van der Waals surface area contributed by atoms with Gasteiger partial charge in [-0.1, -0.05) is 60.8 Å². The predicted molar refractivity (Wildman–Crippen MR) is 156 cm³/mol. The van der Waals surface area contributed by atoms with Crippen molar-refractivity contribution >= 4 is 50.7 Å². The third-order valence-corrected chi connectivity index (χ3v) is 8.72. The van der Waals surface area contributed by atoms with Crippen LogP contribution in [0.5, 0.6) is 0 Å². The Morgan fingerprint density at radius 1 is 0.925 bits per heavy atom. The van der Waals surface area contributed by atoms with Crippen LogP contribution in [0.25, 0.3) is 0 Å². The number of carbonyl (C=O) groups excluding carboxylic acids is 2. The molecule has 0 fully saturated rings. The van der Waals surface area contributed by atoms with E-state index in [1.54, 1.807) is 49.4 Å². The minimum absolute atomic E-state index is 0.0235. The summed E-state index contributed by atoms with van der Waals surface area (Å²) in [7, 11) is -4.28. The van der Waals surface area contributed by atoms with Crippen LogP contribution in [0.4, 0.5) is 10.1 Å². The molecule has 0 heterocycles. The molecule has 1 atom stereocenters. The lowest BCUT2D eigenvalue weighted by molar-refractivity contribution is -0.139. The fraction of sp³-hybridized carbons (Fsp3) is 0.310. The zero-order valence-corrected chi connectivity index (χ0v) is 25.0. The molecule has 3 aromatic rings. The molecule has 11 heteroatoms. The Morgan fingerprint density at radius 3 is 2.12 bits per heavy atom. The lowest BCUT2D eigenvalue weighted by atomic mass is 10.1. The van der Waals surface area contributed by atoms with Crippen molar-refractivity contribution in [3.05, 3.63) is 93.7 Å². The van der Waals surface area contributed by atoms with Crippen LogP contribution >= 0.6 is 23.2 Å². The largest absolute Gasteiger partial charge is 0.354 e. The molecule has 214 valence electrons. The molecule has 1 unspecified atom stereocenters. The number of hydrogen-bond donors (Lipinski definition) is 1. The highest BCUT2D eigenvalue weighted by atomic mass is 35.5. The number of rotatable bonds is 11. The molecule has 7 nitrogen and oxygen atoms in total. The Labute approximate surface area is 244 Å². The standard InChI is InChI=1S/C29H32Cl2FN3O4S/c1-19(2)16-33-29(37)21(4)34(17-22-7-14-26(30)27(31)15-22)28(36)18-35(24-10-5-20(3)6-11-24)40(38,39)25-12-8-23(32)9-13-25/h5-15,19,21H,16-18H2,1-4H3,(H,33,37). The summed E-state index contributed by atoms with van der Waals surface area (Å²) in [6, 6.07) is 14.9. The van der Waals surface area contributed by atoms with E-state index in [2.05, 4.69) is 5.32 Å². The Kier molecular flexibility index (Phi) is 10.6. The van der Waals surface area contributed by atoms with Crippen molar-refractivity contribution in [2.75, 3.05) is 17.4 Å². The van der Waals surface area contributed by atoms with E-state index in [-0.39, 0.29) is 34.0 Å². The van der Waals surface area contributed by atoms with E-state index in [0.717, 1.165) is 34.1 Å². The van der Waals surface area contributed by atoms with Crippen molar-refractivity contribution in [2.45, 2.75) is 45.2 Å². The van der Waals surface area contributed by atoms with E-state index in [0.29, 0.717) is 17.1 Å². The maximum absolute atomic E-state index is 13.9. The van der Waals surface area contributed by atoms with Crippen LogP contribution in [-0.2, 0) is 26.2 Å². The van der Waals surface area contributed by atoms with Crippen molar-refractivity contribution in [3.8, 4) is 0 Å². The van der Waals surface area contributed by atoms with Crippen molar-refractivity contribution in [3.63, 3.8) is 0 Å². The first-order valence-corrected chi connectivity index (χ1v) is 14.8. The van der Waals surface area contributed by atoms with Crippen LogP contribution in [0, 0.1) is 18.7 Å². The number of amides is 2. The van der Waals surface area contributed by atoms with Gasteiger partial charge in [0.15, 0.2) is 0 Å². The highest BCUT2D eigenvalue weighted by Gasteiger charge is 2.32. The molecule has 0 radical (unpaired) electrons. The summed E-state index contributed by atoms with van der Waals surface area (Å²) >= 11 is 12.2. The minimum Gasteiger partial charge on any atom is -0.354 e. The summed E-state index contributed by atoms with van der Waals surface area (Å²) in [4.78, 5) is 28.0. The third kappa shape index (κ3) is 7.96. The Hall–Kier alpha value is -3.14. The second-order valence-electron chi connectivity index (χ2n) is 9.89. The van der Waals surface area contributed by atoms with Gasteiger partial charge in [0.1, 0.15) is 18.4 Å². The molecule has 0 saturated heterocycles. The highest BCUT2D eigenvalue weighted by molar-refractivity contribution is 7.92. The minimum atomic E-state index is -4.28. The molecule has 0 aliphatic carbocycles. The van der Waals surface area contributed by atoms with Gasteiger partial charge in [0.05, 0.1) is 20.6 Å². The van der Waals surface area contributed by atoms with Crippen molar-refractivity contribution < 1.29 is 22.4 Å².